The number of allylic oxidation sites excluding steroid dienone is 5. The molecule has 7 nitrogen and oxygen atoms in total. The second kappa shape index (κ2) is 11.3. The number of ether oxygens (including phenoxy) is 1. The van der Waals surface area contributed by atoms with Crippen molar-refractivity contribution in [2.45, 2.75) is 46.0 Å². The fourth-order valence-corrected chi connectivity index (χ4v) is 4.10. The molecule has 1 aliphatic carbocycles. The van der Waals surface area contributed by atoms with Crippen LogP contribution in [0.3, 0.4) is 0 Å². The Kier molecular flexibility index (Phi) is 8.25. The number of unbranched alkanes of at least 4 members (excludes halogenated alkanes) is 1. The van der Waals surface area contributed by atoms with Gasteiger partial charge in [0.25, 0.3) is 5.69 Å². The van der Waals surface area contributed by atoms with Gasteiger partial charge in [0.1, 0.15) is 5.75 Å². The lowest BCUT2D eigenvalue weighted by atomic mass is 9.76. The number of carbonyl (C=O) groups is 3. The third kappa shape index (κ3) is 6.06. The Hall–Kier alpha value is -4.13. The van der Waals surface area contributed by atoms with E-state index in [1.165, 1.54) is 30.3 Å². The molecule has 0 radical (unpaired) electrons. The van der Waals surface area contributed by atoms with Crippen molar-refractivity contribution in [1.29, 1.82) is 0 Å². The summed E-state index contributed by atoms with van der Waals surface area (Å²) in [5.41, 5.74) is 2.91. The first-order valence-corrected chi connectivity index (χ1v) is 11.4. The molecule has 0 N–H and O–H groups in total. The molecule has 1 unspecified atom stereocenters. The van der Waals surface area contributed by atoms with Gasteiger partial charge < -0.3 is 4.74 Å². The number of ketones is 2. The van der Waals surface area contributed by atoms with Crippen molar-refractivity contribution in [1.82, 2.24) is 0 Å². The minimum atomic E-state index is -0.582. The molecule has 180 valence electrons. The number of hydrogen-bond donors (Lipinski definition) is 0. The highest BCUT2D eigenvalue weighted by molar-refractivity contribution is 6.25. The van der Waals surface area contributed by atoms with Crippen molar-refractivity contribution in [2.75, 3.05) is 0 Å². The smallest absolute Gasteiger partial charge is 0.335 e. The zero-order chi connectivity index (χ0) is 25.5. The van der Waals surface area contributed by atoms with Crippen molar-refractivity contribution in [2.24, 2.45) is 0 Å². The number of hydrogen-bond acceptors (Lipinski definition) is 6. The molecule has 0 saturated carbocycles. The van der Waals surface area contributed by atoms with Gasteiger partial charge in [-0.15, -0.1) is 0 Å². The molecule has 1 aliphatic rings. The SMILES string of the molecule is CC1=C(C)C(=O)C(C(CCCC=CC(=O)Oc2ccc([N+](=O)[O-])cc2)c2ccccc2)=C(C)C1=O. The molecule has 3 rings (SSSR count). The molecule has 35 heavy (non-hydrogen) atoms. The number of non-ortho nitro benzene ring substituents is 1. The van der Waals surface area contributed by atoms with Crippen LogP contribution in [-0.2, 0) is 14.4 Å². The summed E-state index contributed by atoms with van der Waals surface area (Å²) in [7, 11) is 0. The molecule has 0 aliphatic heterocycles. The summed E-state index contributed by atoms with van der Waals surface area (Å²) < 4.78 is 5.16. The van der Waals surface area contributed by atoms with Gasteiger partial charge in [0.15, 0.2) is 11.6 Å². The van der Waals surface area contributed by atoms with Gasteiger partial charge in [-0.1, -0.05) is 36.4 Å². The third-order valence-corrected chi connectivity index (χ3v) is 6.17. The zero-order valence-electron chi connectivity index (χ0n) is 19.9. The first-order valence-electron chi connectivity index (χ1n) is 11.4. The molecular formula is C28H27NO6. The van der Waals surface area contributed by atoms with E-state index in [9.17, 15) is 24.5 Å². The summed E-state index contributed by atoms with van der Waals surface area (Å²) in [6.07, 6.45) is 4.89. The van der Waals surface area contributed by atoms with E-state index in [1.54, 1.807) is 26.8 Å². The first kappa shape index (κ1) is 25.5. The molecule has 7 heteroatoms. The van der Waals surface area contributed by atoms with Gasteiger partial charge in [0.2, 0.25) is 0 Å². The van der Waals surface area contributed by atoms with Gasteiger partial charge in [-0.05, 0) is 57.7 Å². The Morgan fingerprint density at radius 2 is 1.57 bits per heavy atom. The van der Waals surface area contributed by atoms with Crippen molar-refractivity contribution >= 4 is 23.2 Å². The molecule has 0 heterocycles. The summed E-state index contributed by atoms with van der Waals surface area (Å²) in [5.74, 6) is -0.768. The number of nitrogens with zero attached hydrogens (tertiary/aromatic N) is 1. The highest BCUT2D eigenvalue weighted by Gasteiger charge is 2.33. The van der Waals surface area contributed by atoms with Crippen LogP contribution in [0.25, 0.3) is 0 Å². The summed E-state index contributed by atoms with van der Waals surface area (Å²) in [6.45, 7) is 5.10. The summed E-state index contributed by atoms with van der Waals surface area (Å²) in [6, 6.07) is 14.9. The van der Waals surface area contributed by atoms with Crippen LogP contribution >= 0.6 is 0 Å². The number of nitro groups is 1. The van der Waals surface area contributed by atoms with Crippen LogP contribution in [0.15, 0.2) is 89.0 Å². The van der Waals surface area contributed by atoms with Gasteiger partial charge in [-0.2, -0.15) is 0 Å². The van der Waals surface area contributed by atoms with Gasteiger partial charge in [0, 0.05) is 46.4 Å². The second-order valence-electron chi connectivity index (χ2n) is 8.42. The van der Waals surface area contributed by atoms with E-state index < -0.39 is 10.9 Å². The highest BCUT2D eigenvalue weighted by atomic mass is 16.6. The van der Waals surface area contributed by atoms with Crippen LogP contribution in [0, 0.1) is 10.1 Å². The Morgan fingerprint density at radius 3 is 2.20 bits per heavy atom. The number of Topliss-reactive ketones (excluding diaryl/α,β-unsaturated/α-hetero) is 2. The fraction of sp³-hybridized carbons (Fsp3) is 0.250. The van der Waals surface area contributed by atoms with Crippen molar-refractivity contribution in [3.8, 4) is 5.75 Å². The molecule has 2 aromatic carbocycles. The van der Waals surface area contributed by atoms with Crippen molar-refractivity contribution in [3.05, 3.63) is 105 Å². The summed E-state index contributed by atoms with van der Waals surface area (Å²) in [4.78, 5) is 48.1. The number of carbonyl (C=O) groups excluding carboxylic acids is 3. The summed E-state index contributed by atoms with van der Waals surface area (Å²) >= 11 is 0. The molecule has 0 bridgehead atoms. The number of benzene rings is 2. The van der Waals surface area contributed by atoms with Gasteiger partial charge in [0.05, 0.1) is 4.92 Å². The van der Waals surface area contributed by atoms with E-state index in [2.05, 4.69) is 0 Å². The van der Waals surface area contributed by atoms with E-state index >= 15 is 0 Å². The molecule has 0 saturated heterocycles. The van der Waals surface area contributed by atoms with Gasteiger partial charge in [-0.3, -0.25) is 19.7 Å². The number of nitro benzene ring substituents is 1. The minimum Gasteiger partial charge on any atom is -0.423 e. The Morgan fingerprint density at radius 1 is 0.943 bits per heavy atom. The topological polar surface area (TPSA) is 104 Å². The number of esters is 1. The maximum atomic E-state index is 13.1. The number of rotatable bonds is 9. The maximum absolute atomic E-state index is 13.1. The molecule has 0 fully saturated rings. The normalized spacial score (nSPS) is 15.1. The average Bonchev–Trinajstić information content (AvgIpc) is 2.86. The molecule has 1 atom stereocenters. The fourth-order valence-electron chi connectivity index (χ4n) is 4.10. The lowest BCUT2D eigenvalue weighted by molar-refractivity contribution is -0.384. The van der Waals surface area contributed by atoms with Crippen LogP contribution in [-0.4, -0.2) is 22.5 Å². The first-order chi connectivity index (χ1) is 16.7. The van der Waals surface area contributed by atoms with Crippen LogP contribution < -0.4 is 4.74 Å². The minimum absolute atomic E-state index is 0.0855. The van der Waals surface area contributed by atoms with E-state index in [0.717, 1.165) is 5.56 Å². The monoisotopic (exact) mass is 473 g/mol. The molecule has 0 aromatic heterocycles. The predicted octanol–water partition coefficient (Wildman–Crippen LogP) is 5.82. The van der Waals surface area contributed by atoms with E-state index in [1.807, 2.05) is 30.3 Å². The highest BCUT2D eigenvalue weighted by Crippen LogP contribution is 2.37. The van der Waals surface area contributed by atoms with Crippen molar-refractivity contribution in [3.63, 3.8) is 0 Å². The van der Waals surface area contributed by atoms with Crippen LogP contribution in [0.5, 0.6) is 5.75 Å². The van der Waals surface area contributed by atoms with Gasteiger partial charge >= 0.3 is 5.97 Å². The van der Waals surface area contributed by atoms with Crippen LogP contribution in [0.2, 0.25) is 0 Å². The molecule has 0 amide bonds. The quantitative estimate of drug-likeness (QED) is 0.0865. The van der Waals surface area contributed by atoms with Crippen LogP contribution in [0.4, 0.5) is 5.69 Å². The molecule has 2 aromatic rings. The van der Waals surface area contributed by atoms with E-state index in [4.69, 9.17) is 4.74 Å². The lowest BCUT2D eigenvalue weighted by Crippen LogP contribution is -2.24. The second-order valence-corrected chi connectivity index (χ2v) is 8.42. The Bertz CT molecular complexity index is 1240. The zero-order valence-corrected chi connectivity index (χ0v) is 19.9. The summed E-state index contributed by atoms with van der Waals surface area (Å²) in [5, 5.41) is 10.7. The van der Waals surface area contributed by atoms with Crippen LogP contribution in [0.1, 0.15) is 51.5 Å². The maximum Gasteiger partial charge on any atom is 0.335 e. The predicted molar refractivity (Wildman–Crippen MR) is 132 cm³/mol. The Labute approximate surface area is 204 Å². The third-order valence-electron chi connectivity index (χ3n) is 6.17. The van der Waals surface area contributed by atoms with Crippen molar-refractivity contribution < 1.29 is 24.0 Å². The molecule has 0 spiro atoms. The molecular weight excluding hydrogens is 446 g/mol. The van der Waals surface area contributed by atoms with E-state index in [0.29, 0.717) is 41.6 Å². The largest absolute Gasteiger partial charge is 0.423 e. The standard InChI is InChI=1S/C28H27NO6/c1-18-19(2)28(32)26(20(3)27(18)31)24(21-10-6-4-7-11-21)12-8-5-9-13-25(30)35-23-16-14-22(15-17-23)29(33)34/h4,6-7,9-11,13-17,24H,5,8,12H2,1-3H3. The lowest BCUT2D eigenvalue weighted by Gasteiger charge is -2.26. The van der Waals surface area contributed by atoms with E-state index in [-0.39, 0.29) is 28.9 Å². The average molecular weight is 474 g/mol. The Balaban J connectivity index is 1.65. The van der Waals surface area contributed by atoms with Gasteiger partial charge in [-0.25, -0.2) is 4.79 Å².